The maximum atomic E-state index is 5.60. The zero-order chi connectivity index (χ0) is 8.55. The van der Waals surface area contributed by atoms with Crippen molar-refractivity contribution in [2.24, 2.45) is 5.73 Å². The molecule has 1 aliphatic heterocycles. The largest absolute Gasteiger partial charge is 0.438 e. The van der Waals surface area contributed by atoms with Crippen LogP contribution >= 0.6 is 11.6 Å². The lowest BCUT2D eigenvalue weighted by atomic mass is 10.2. The van der Waals surface area contributed by atoms with E-state index >= 15 is 0 Å². The summed E-state index contributed by atoms with van der Waals surface area (Å²) >= 11 is 5.60. The van der Waals surface area contributed by atoms with Crippen molar-refractivity contribution in [1.29, 1.82) is 0 Å². The maximum Gasteiger partial charge on any atom is 0.322 e. The van der Waals surface area contributed by atoms with Crippen molar-refractivity contribution >= 4 is 11.6 Å². The molecule has 0 saturated carbocycles. The van der Waals surface area contributed by atoms with Gasteiger partial charge in [-0.3, -0.25) is 0 Å². The lowest BCUT2D eigenvalue weighted by Crippen LogP contribution is -2.07. The van der Waals surface area contributed by atoms with Gasteiger partial charge in [0.05, 0.1) is 0 Å². The van der Waals surface area contributed by atoms with Crippen LogP contribution in [0.5, 0.6) is 11.5 Å². The van der Waals surface area contributed by atoms with Crippen LogP contribution in [0.1, 0.15) is 5.56 Å². The lowest BCUT2D eigenvalue weighted by Gasteiger charge is -1.98. The summed E-state index contributed by atoms with van der Waals surface area (Å²) in [6, 6.07) is 5.52. The Bertz CT molecular complexity index is 303. The van der Waals surface area contributed by atoms with Gasteiger partial charge < -0.3 is 15.2 Å². The van der Waals surface area contributed by atoms with Crippen molar-refractivity contribution < 1.29 is 9.47 Å². The first kappa shape index (κ1) is 7.71. The molecule has 2 rings (SSSR count). The molecule has 4 heteroatoms. The van der Waals surface area contributed by atoms with Gasteiger partial charge in [-0.15, -0.1) is 0 Å². The van der Waals surface area contributed by atoms with E-state index in [0.29, 0.717) is 18.0 Å². The smallest absolute Gasteiger partial charge is 0.322 e. The van der Waals surface area contributed by atoms with Crippen molar-refractivity contribution in [2.45, 2.75) is 12.3 Å². The fraction of sp³-hybridized carbons (Fsp3) is 0.250. The summed E-state index contributed by atoms with van der Waals surface area (Å²) in [4.78, 5) is 0. The Morgan fingerprint density at radius 1 is 1.33 bits per heavy atom. The Morgan fingerprint density at radius 2 is 2.08 bits per heavy atom. The van der Waals surface area contributed by atoms with Gasteiger partial charge in [-0.05, 0) is 29.3 Å². The van der Waals surface area contributed by atoms with Crippen LogP contribution < -0.4 is 15.2 Å². The summed E-state index contributed by atoms with van der Waals surface area (Å²) in [5.41, 5.74) is 6.45. The van der Waals surface area contributed by atoms with E-state index in [9.17, 15) is 0 Å². The normalized spacial score (nSPS) is 19.7. The molecule has 1 unspecified atom stereocenters. The molecule has 1 aliphatic rings. The average molecular weight is 186 g/mol. The zero-order valence-electron chi connectivity index (χ0n) is 6.29. The molecule has 1 atom stereocenters. The van der Waals surface area contributed by atoms with E-state index in [2.05, 4.69) is 0 Å². The number of hydrogen-bond donors (Lipinski definition) is 1. The second kappa shape index (κ2) is 2.84. The topological polar surface area (TPSA) is 44.5 Å². The molecule has 0 spiro atoms. The summed E-state index contributed by atoms with van der Waals surface area (Å²) in [7, 11) is 0. The number of hydrogen-bond acceptors (Lipinski definition) is 3. The van der Waals surface area contributed by atoms with Crippen LogP contribution in [0.4, 0.5) is 0 Å². The molecule has 12 heavy (non-hydrogen) atoms. The molecule has 3 nitrogen and oxygen atoms in total. The number of rotatable bonds is 1. The Morgan fingerprint density at radius 3 is 2.83 bits per heavy atom. The van der Waals surface area contributed by atoms with Crippen LogP contribution in [-0.2, 0) is 6.54 Å². The van der Waals surface area contributed by atoms with Crippen LogP contribution in [0.15, 0.2) is 18.2 Å². The Hall–Kier alpha value is -0.930. The SMILES string of the molecule is NCc1ccc2c(c1)OC(Cl)O2. The number of alkyl halides is 1. The van der Waals surface area contributed by atoms with Crippen molar-refractivity contribution in [2.75, 3.05) is 0 Å². The number of fused-ring (bicyclic) bond motifs is 1. The molecule has 0 saturated heterocycles. The van der Waals surface area contributed by atoms with Gasteiger partial charge in [0.1, 0.15) is 0 Å². The standard InChI is InChI=1S/C8H8ClNO2/c9-8-11-6-2-1-5(4-10)3-7(6)12-8/h1-3,8H,4,10H2. The van der Waals surface area contributed by atoms with Gasteiger partial charge in [0.2, 0.25) is 0 Å². The molecule has 0 fully saturated rings. The molecule has 0 amide bonds. The van der Waals surface area contributed by atoms with Gasteiger partial charge in [-0.2, -0.15) is 0 Å². The Labute approximate surface area is 75.0 Å². The Kier molecular flexibility index (Phi) is 1.83. The summed E-state index contributed by atoms with van der Waals surface area (Å²) < 4.78 is 10.2. The third kappa shape index (κ3) is 1.21. The van der Waals surface area contributed by atoms with Crippen LogP contribution in [0.3, 0.4) is 0 Å². The highest BCUT2D eigenvalue weighted by atomic mass is 35.5. The quantitative estimate of drug-likeness (QED) is 0.674. The van der Waals surface area contributed by atoms with E-state index < -0.39 is 5.75 Å². The third-order valence-corrected chi connectivity index (χ3v) is 1.86. The molecular weight excluding hydrogens is 178 g/mol. The molecule has 2 N–H and O–H groups in total. The first-order valence-corrected chi connectivity index (χ1v) is 4.03. The minimum Gasteiger partial charge on any atom is -0.438 e. The first-order chi connectivity index (χ1) is 5.79. The van der Waals surface area contributed by atoms with Crippen LogP contribution in [0, 0.1) is 0 Å². The minimum absolute atomic E-state index is 0.490. The van der Waals surface area contributed by atoms with Crippen LogP contribution in [0.2, 0.25) is 0 Å². The first-order valence-electron chi connectivity index (χ1n) is 3.60. The fourth-order valence-corrected chi connectivity index (χ4v) is 1.28. The predicted molar refractivity (Wildman–Crippen MR) is 45.2 cm³/mol. The van der Waals surface area contributed by atoms with Crippen molar-refractivity contribution in [3.05, 3.63) is 23.8 Å². The van der Waals surface area contributed by atoms with E-state index in [1.165, 1.54) is 0 Å². The monoisotopic (exact) mass is 185 g/mol. The van der Waals surface area contributed by atoms with E-state index in [0.717, 1.165) is 5.56 Å². The second-order valence-corrected chi connectivity index (χ2v) is 2.85. The second-order valence-electron chi connectivity index (χ2n) is 2.50. The van der Waals surface area contributed by atoms with Gasteiger partial charge in [-0.25, -0.2) is 0 Å². The van der Waals surface area contributed by atoms with Crippen LogP contribution in [-0.4, -0.2) is 5.75 Å². The molecule has 0 radical (unpaired) electrons. The van der Waals surface area contributed by atoms with E-state index in [1.807, 2.05) is 12.1 Å². The highest BCUT2D eigenvalue weighted by Gasteiger charge is 2.21. The zero-order valence-corrected chi connectivity index (χ0v) is 7.04. The van der Waals surface area contributed by atoms with E-state index in [-0.39, 0.29) is 0 Å². The van der Waals surface area contributed by atoms with Crippen LogP contribution in [0.25, 0.3) is 0 Å². The number of ether oxygens (including phenoxy) is 2. The van der Waals surface area contributed by atoms with Crippen molar-refractivity contribution in [3.63, 3.8) is 0 Å². The minimum atomic E-state index is -0.701. The molecule has 0 aliphatic carbocycles. The fourth-order valence-electron chi connectivity index (χ4n) is 1.09. The molecule has 0 aromatic heterocycles. The maximum absolute atomic E-state index is 5.60. The lowest BCUT2D eigenvalue weighted by molar-refractivity contribution is 0.128. The molecular formula is C8H8ClNO2. The number of nitrogens with two attached hydrogens (primary N) is 1. The van der Waals surface area contributed by atoms with Crippen molar-refractivity contribution in [1.82, 2.24) is 0 Å². The van der Waals surface area contributed by atoms with Crippen molar-refractivity contribution in [3.8, 4) is 11.5 Å². The molecule has 64 valence electrons. The van der Waals surface area contributed by atoms with Gasteiger partial charge in [0.15, 0.2) is 11.5 Å². The molecule has 0 bridgehead atoms. The highest BCUT2D eigenvalue weighted by molar-refractivity contribution is 6.19. The molecule has 1 aromatic carbocycles. The van der Waals surface area contributed by atoms with Gasteiger partial charge >= 0.3 is 5.75 Å². The molecule has 1 aromatic rings. The Balaban J connectivity index is 2.35. The third-order valence-electron chi connectivity index (χ3n) is 1.68. The van der Waals surface area contributed by atoms with Gasteiger partial charge in [0.25, 0.3) is 0 Å². The number of benzene rings is 1. The molecule has 1 heterocycles. The summed E-state index contributed by atoms with van der Waals surface area (Å²) in [5.74, 6) is 0.637. The predicted octanol–water partition coefficient (Wildman–Crippen LogP) is 1.44. The average Bonchev–Trinajstić information content (AvgIpc) is 2.43. The van der Waals surface area contributed by atoms with E-state index in [1.54, 1.807) is 6.07 Å². The van der Waals surface area contributed by atoms with Gasteiger partial charge in [0, 0.05) is 6.54 Å². The summed E-state index contributed by atoms with van der Waals surface area (Å²) in [5, 5.41) is 0. The highest BCUT2D eigenvalue weighted by Crippen LogP contribution is 2.36. The number of halogens is 1. The summed E-state index contributed by atoms with van der Waals surface area (Å²) in [6.07, 6.45) is 0. The summed E-state index contributed by atoms with van der Waals surface area (Å²) in [6.45, 7) is 0.490. The van der Waals surface area contributed by atoms with Gasteiger partial charge in [-0.1, -0.05) is 6.07 Å². The van der Waals surface area contributed by atoms with E-state index in [4.69, 9.17) is 26.8 Å².